The molecular weight excluding hydrogens is 266 g/mol. The van der Waals surface area contributed by atoms with Crippen molar-refractivity contribution in [2.75, 3.05) is 0 Å². The number of aromatic carboxylic acids is 1. The highest BCUT2D eigenvalue weighted by molar-refractivity contribution is 5.92. The highest BCUT2D eigenvalue weighted by Gasteiger charge is 2.11. The summed E-state index contributed by atoms with van der Waals surface area (Å²) >= 11 is 0. The average Bonchev–Trinajstić information content (AvgIpc) is 2.88. The minimum Gasteiger partial charge on any atom is -0.478 e. The molecule has 5 nitrogen and oxygen atoms in total. The van der Waals surface area contributed by atoms with E-state index in [0.717, 1.165) is 16.5 Å². The Kier molecular flexibility index (Phi) is 2.92. The number of benzene rings is 1. The first-order valence-corrected chi connectivity index (χ1v) is 6.29. The molecule has 0 saturated carbocycles. The Bertz CT molecular complexity index is 904. The zero-order valence-corrected chi connectivity index (χ0v) is 11.2. The number of rotatable bonds is 2. The third-order valence-corrected chi connectivity index (χ3v) is 3.39. The summed E-state index contributed by atoms with van der Waals surface area (Å²) < 4.78 is 1.89. The van der Waals surface area contributed by atoms with Crippen LogP contribution in [0, 0.1) is 11.3 Å². The Morgan fingerprint density at radius 3 is 2.86 bits per heavy atom. The zero-order chi connectivity index (χ0) is 15.0. The molecule has 1 aromatic carbocycles. The minimum absolute atomic E-state index is 0.173. The molecule has 0 saturated heterocycles. The van der Waals surface area contributed by atoms with Crippen LogP contribution < -0.4 is 0 Å². The Morgan fingerprint density at radius 1 is 1.33 bits per heavy atom. The molecule has 2 heterocycles. The summed E-state index contributed by atoms with van der Waals surface area (Å²) in [4.78, 5) is 15.2. The van der Waals surface area contributed by atoms with Crippen LogP contribution in [-0.4, -0.2) is 20.6 Å². The molecule has 0 aliphatic carbocycles. The van der Waals surface area contributed by atoms with Crippen molar-refractivity contribution < 1.29 is 9.90 Å². The van der Waals surface area contributed by atoms with Gasteiger partial charge in [-0.2, -0.15) is 5.26 Å². The van der Waals surface area contributed by atoms with Gasteiger partial charge in [-0.15, -0.1) is 0 Å². The highest BCUT2D eigenvalue weighted by atomic mass is 16.4. The minimum atomic E-state index is -1.00. The molecule has 5 heteroatoms. The summed E-state index contributed by atoms with van der Waals surface area (Å²) in [6.45, 7) is 0. The molecule has 102 valence electrons. The van der Waals surface area contributed by atoms with Gasteiger partial charge in [0, 0.05) is 30.4 Å². The first-order valence-electron chi connectivity index (χ1n) is 6.29. The van der Waals surface area contributed by atoms with Gasteiger partial charge in [0.05, 0.1) is 22.3 Å². The van der Waals surface area contributed by atoms with Gasteiger partial charge in [-0.1, -0.05) is 0 Å². The first kappa shape index (κ1) is 12.9. The Balaban J connectivity index is 2.24. The van der Waals surface area contributed by atoms with Gasteiger partial charge < -0.3 is 9.67 Å². The Morgan fingerprint density at radius 2 is 2.14 bits per heavy atom. The Labute approximate surface area is 120 Å². The van der Waals surface area contributed by atoms with Crippen molar-refractivity contribution in [3.05, 3.63) is 53.9 Å². The third-order valence-electron chi connectivity index (χ3n) is 3.39. The number of carboxylic acids is 1. The molecule has 0 spiro atoms. The number of nitriles is 1. The smallest absolute Gasteiger partial charge is 0.335 e. The SMILES string of the molecule is Cn1ccc2cc(-c3cc(C(=O)O)ccn3)cc(C#N)c21. The first-order chi connectivity index (χ1) is 10.1. The summed E-state index contributed by atoms with van der Waals surface area (Å²) in [6.07, 6.45) is 3.34. The van der Waals surface area contributed by atoms with Gasteiger partial charge >= 0.3 is 5.97 Å². The summed E-state index contributed by atoms with van der Waals surface area (Å²) in [5.41, 5.74) is 2.84. The molecule has 0 atom stereocenters. The fraction of sp³-hybridized carbons (Fsp3) is 0.0625. The van der Waals surface area contributed by atoms with Crippen LogP contribution in [0.2, 0.25) is 0 Å². The number of aromatic nitrogens is 2. The van der Waals surface area contributed by atoms with Gasteiger partial charge in [0.1, 0.15) is 6.07 Å². The maximum Gasteiger partial charge on any atom is 0.335 e. The van der Waals surface area contributed by atoms with Crippen molar-refractivity contribution in [3.63, 3.8) is 0 Å². The molecule has 1 N–H and O–H groups in total. The predicted octanol–water partition coefficient (Wildman–Crippen LogP) is 2.81. The second kappa shape index (κ2) is 4.76. The molecule has 0 amide bonds. The van der Waals surface area contributed by atoms with Crippen LogP contribution >= 0.6 is 0 Å². The zero-order valence-electron chi connectivity index (χ0n) is 11.2. The molecule has 0 radical (unpaired) electrons. The van der Waals surface area contributed by atoms with E-state index in [1.54, 1.807) is 6.07 Å². The number of fused-ring (bicyclic) bond motifs is 1. The number of carboxylic acid groups (broad SMARTS) is 1. The van der Waals surface area contributed by atoms with E-state index in [2.05, 4.69) is 11.1 Å². The fourth-order valence-electron chi connectivity index (χ4n) is 2.40. The molecule has 0 unspecified atom stereocenters. The van der Waals surface area contributed by atoms with Crippen molar-refractivity contribution in [2.24, 2.45) is 7.05 Å². The predicted molar refractivity (Wildman–Crippen MR) is 77.8 cm³/mol. The number of aryl methyl sites for hydroxylation is 1. The van der Waals surface area contributed by atoms with Crippen LogP contribution in [0.15, 0.2) is 42.7 Å². The lowest BCUT2D eigenvalue weighted by atomic mass is 10.0. The van der Waals surface area contributed by atoms with Gasteiger partial charge in [-0.05, 0) is 30.3 Å². The number of nitrogens with zero attached hydrogens (tertiary/aromatic N) is 3. The normalized spacial score (nSPS) is 10.5. The maximum absolute atomic E-state index is 11.0. The maximum atomic E-state index is 11.0. The van der Waals surface area contributed by atoms with E-state index in [1.807, 2.05) is 29.9 Å². The standard InChI is InChI=1S/C16H11N3O2/c1-19-5-3-10-6-12(7-13(9-17)15(10)19)14-8-11(16(20)21)2-4-18-14/h2-8H,1H3,(H,20,21). The van der Waals surface area contributed by atoms with Gasteiger partial charge in [0.25, 0.3) is 0 Å². The molecule has 3 aromatic rings. The van der Waals surface area contributed by atoms with Crippen molar-refractivity contribution in [2.45, 2.75) is 0 Å². The summed E-state index contributed by atoms with van der Waals surface area (Å²) in [5, 5.41) is 19.3. The lowest BCUT2D eigenvalue weighted by Crippen LogP contribution is -1.97. The van der Waals surface area contributed by atoms with Crippen molar-refractivity contribution in [3.8, 4) is 17.3 Å². The summed E-state index contributed by atoms with van der Waals surface area (Å²) in [5.74, 6) is -1.00. The topological polar surface area (TPSA) is 78.9 Å². The van der Waals surface area contributed by atoms with Gasteiger partial charge in [0.2, 0.25) is 0 Å². The number of hydrogen-bond acceptors (Lipinski definition) is 3. The van der Waals surface area contributed by atoms with E-state index in [0.29, 0.717) is 11.3 Å². The second-order valence-electron chi connectivity index (χ2n) is 4.73. The van der Waals surface area contributed by atoms with Gasteiger partial charge in [-0.3, -0.25) is 4.98 Å². The molecule has 3 rings (SSSR count). The van der Waals surface area contributed by atoms with E-state index in [9.17, 15) is 10.1 Å². The van der Waals surface area contributed by atoms with Crippen LogP contribution in [0.4, 0.5) is 0 Å². The van der Waals surface area contributed by atoms with Crippen molar-refractivity contribution in [1.29, 1.82) is 5.26 Å². The largest absolute Gasteiger partial charge is 0.478 e. The lowest BCUT2D eigenvalue weighted by molar-refractivity contribution is 0.0697. The van der Waals surface area contributed by atoms with E-state index in [-0.39, 0.29) is 5.56 Å². The molecule has 0 aliphatic rings. The number of hydrogen-bond donors (Lipinski definition) is 1. The van der Waals surface area contributed by atoms with E-state index < -0.39 is 5.97 Å². The van der Waals surface area contributed by atoms with Crippen LogP contribution in [0.5, 0.6) is 0 Å². The average molecular weight is 277 g/mol. The number of carbonyl (C=O) groups is 1. The Hall–Kier alpha value is -3.13. The van der Waals surface area contributed by atoms with Crippen LogP contribution in [0.1, 0.15) is 15.9 Å². The van der Waals surface area contributed by atoms with Crippen molar-refractivity contribution >= 4 is 16.9 Å². The molecule has 21 heavy (non-hydrogen) atoms. The molecular formula is C16H11N3O2. The van der Waals surface area contributed by atoms with E-state index in [1.165, 1.54) is 18.3 Å². The fourth-order valence-corrected chi connectivity index (χ4v) is 2.40. The van der Waals surface area contributed by atoms with E-state index >= 15 is 0 Å². The highest BCUT2D eigenvalue weighted by Crippen LogP contribution is 2.27. The number of pyridine rings is 1. The molecule has 0 aliphatic heterocycles. The third kappa shape index (κ3) is 2.13. The molecule has 0 bridgehead atoms. The van der Waals surface area contributed by atoms with Crippen LogP contribution in [-0.2, 0) is 7.05 Å². The molecule has 0 fully saturated rings. The van der Waals surface area contributed by atoms with E-state index in [4.69, 9.17) is 5.11 Å². The van der Waals surface area contributed by atoms with Crippen LogP contribution in [0.3, 0.4) is 0 Å². The summed E-state index contributed by atoms with van der Waals surface area (Å²) in [6, 6.07) is 10.7. The molecule has 2 aromatic heterocycles. The van der Waals surface area contributed by atoms with Crippen molar-refractivity contribution in [1.82, 2.24) is 9.55 Å². The summed E-state index contributed by atoms with van der Waals surface area (Å²) in [7, 11) is 1.88. The lowest BCUT2D eigenvalue weighted by Gasteiger charge is -2.05. The van der Waals surface area contributed by atoms with Gasteiger partial charge in [0.15, 0.2) is 0 Å². The quantitative estimate of drug-likeness (QED) is 0.781. The van der Waals surface area contributed by atoms with Crippen LogP contribution in [0.25, 0.3) is 22.2 Å². The second-order valence-corrected chi connectivity index (χ2v) is 4.73. The van der Waals surface area contributed by atoms with Gasteiger partial charge in [-0.25, -0.2) is 4.79 Å². The monoisotopic (exact) mass is 277 g/mol.